The second-order valence-corrected chi connectivity index (χ2v) is 6.97. The van der Waals surface area contributed by atoms with Crippen LogP contribution in [0.3, 0.4) is 0 Å². The molecule has 0 aromatic heterocycles. The van der Waals surface area contributed by atoms with E-state index in [1.807, 2.05) is 63.2 Å². The van der Waals surface area contributed by atoms with Gasteiger partial charge in [-0.1, -0.05) is 58.2 Å². The predicted molar refractivity (Wildman–Crippen MR) is 119 cm³/mol. The van der Waals surface area contributed by atoms with Crippen LogP contribution in [0.15, 0.2) is 58.8 Å². The summed E-state index contributed by atoms with van der Waals surface area (Å²) in [6, 6.07) is 15.3. The molecule has 0 aliphatic rings. The van der Waals surface area contributed by atoms with E-state index in [0.717, 1.165) is 11.1 Å². The first-order valence-corrected chi connectivity index (χ1v) is 9.66. The van der Waals surface area contributed by atoms with E-state index < -0.39 is 0 Å². The van der Waals surface area contributed by atoms with Crippen molar-refractivity contribution in [3.8, 4) is 11.8 Å². The second kappa shape index (κ2) is 11.4. The van der Waals surface area contributed by atoms with Gasteiger partial charge in [0.15, 0.2) is 5.71 Å². The standard InChI is InChI=1S/C24H27N3O3/c1-17(2)25-24(28)23(27-29-5)22-9-7-6-8-21(22)16-30-26-19(4)12-15-20-13-10-18(3)11-14-20/h6-11,13-14,17H,16H2,1-5H3,(H,25,28)/b26-19+,27-23+. The number of carbonyl (C=O) groups is 1. The number of nitrogens with one attached hydrogen (secondary N) is 1. The van der Waals surface area contributed by atoms with Crippen molar-refractivity contribution in [2.24, 2.45) is 10.3 Å². The number of benzene rings is 2. The van der Waals surface area contributed by atoms with E-state index in [0.29, 0.717) is 11.3 Å². The minimum absolute atomic E-state index is 0.0256. The highest BCUT2D eigenvalue weighted by Gasteiger charge is 2.19. The normalized spacial score (nSPS) is 11.5. The third kappa shape index (κ3) is 7.10. The van der Waals surface area contributed by atoms with Crippen LogP contribution in [0.25, 0.3) is 0 Å². The van der Waals surface area contributed by atoms with E-state index in [-0.39, 0.29) is 24.3 Å². The summed E-state index contributed by atoms with van der Waals surface area (Å²) in [6.07, 6.45) is 0. The molecular formula is C24H27N3O3. The first kappa shape index (κ1) is 22.7. The predicted octanol–water partition coefficient (Wildman–Crippen LogP) is 3.81. The van der Waals surface area contributed by atoms with Crippen LogP contribution in [0.1, 0.15) is 43.0 Å². The van der Waals surface area contributed by atoms with Crippen LogP contribution in [0.5, 0.6) is 0 Å². The first-order chi connectivity index (χ1) is 14.4. The minimum atomic E-state index is -0.317. The highest BCUT2D eigenvalue weighted by atomic mass is 16.6. The maximum Gasteiger partial charge on any atom is 0.274 e. The molecule has 0 saturated heterocycles. The van der Waals surface area contributed by atoms with Crippen LogP contribution in [0, 0.1) is 18.8 Å². The topological polar surface area (TPSA) is 72.3 Å². The molecule has 6 nitrogen and oxygen atoms in total. The molecule has 6 heteroatoms. The Morgan fingerprint density at radius 1 is 1.10 bits per heavy atom. The number of nitrogens with zero attached hydrogens (tertiary/aromatic N) is 2. The fourth-order valence-electron chi connectivity index (χ4n) is 2.53. The molecule has 0 atom stereocenters. The quantitative estimate of drug-likeness (QED) is 0.432. The Balaban J connectivity index is 2.12. The fraction of sp³-hybridized carbons (Fsp3) is 0.292. The summed E-state index contributed by atoms with van der Waals surface area (Å²) in [4.78, 5) is 22.9. The molecule has 1 N–H and O–H groups in total. The van der Waals surface area contributed by atoms with Gasteiger partial charge < -0.3 is 15.0 Å². The van der Waals surface area contributed by atoms with Crippen molar-refractivity contribution in [3.63, 3.8) is 0 Å². The monoisotopic (exact) mass is 405 g/mol. The van der Waals surface area contributed by atoms with Gasteiger partial charge in [-0.15, -0.1) is 0 Å². The molecule has 0 spiro atoms. The summed E-state index contributed by atoms with van der Waals surface area (Å²) >= 11 is 0. The highest BCUT2D eigenvalue weighted by Crippen LogP contribution is 2.13. The number of carbonyl (C=O) groups excluding carboxylic acids is 1. The SMILES string of the molecule is CO/N=C(/C(=O)NC(C)C)c1ccccc1CO/N=C(\C)C#Cc1ccc(C)cc1. The Morgan fingerprint density at radius 2 is 1.80 bits per heavy atom. The first-order valence-electron chi connectivity index (χ1n) is 9.66. The molecule has 0 unspecified atom stereocenters. The van der Waals surface area contributed by atoms with E-state index in [1.54, 1.807) is 13.0 Å². The van der Waals surface area contributed by atoms with Gasteiger partial charge in [0.05, 0.1) is 0 Å². The number of aryl methyl sites for hydroxylation is 1. The van der Waals surface area contributed by atoms with Crippen LogP contribution in [-0.2, 0) is 21.1 Å². The molecule has 2 rings (SSSR count). The number of amides is 1. The van der Waals surface area contributed by atoms with E-state index >= 15 is 0 Å². The van der Waals surface area contributed by atoms with Crippen LogP contribution >= 0.6 is 0 Å². The second-order valence-electron chi connectivity index (χ2n) is 6.97. The molecule has 0 aliphatic heterocycles. The Morgan fingerprint density at radius 3 is 2.47 bits per heavy atom. The van der Waals surface area contributed by atoms with Crippen LogP contribution in [-0.4, -0.2) is 30.5 Å². The molecule has 156 valence electrons. The summed E-state index contributed by atoms with van der Waals surface area (Å²) in [5.41, 5.74) is 4.22. The molecule has 1 amide bonds. The average molecular weight is 405 g/mol. The Kier molecular flexibility index (Phi) is 8.64. The van der Waals surface area contributed by atoms with Gasteiger partial charge in [-0.2, -0.15) is 0 Å². The lowest BCUT2D eigenvalue weighted by Gasteiger charge is -2.13. The van der Waals surface area contributed by atoms with E-state index in [4.69, 9.17) is 9.68 Å². The van der Waals surface area contributed by atoms with E-state index in [2.05, 4.69) is 27.5 Å². The lowest BCUT2D eigenvalue weighted by atomic mass is 10.0. The molecule has 0 fully saturated rings. The number of hydrogen-bond acceptors (Lipinski definition) is 5. The Labute approximate surface area is 178 Å². The molecule has 2 aromatic carbocycles. The lowest BCUT2D eigenvalue weighted by Crippen LogP contribution is -2.37. The Hall–Kier alpha value is -3.59. The molecule has 0 heterocycles. The number of oxime groups is 2. The smallest absolute Gasteiger partial charge is 0.274 e. The summed E-state index contributed by atoms with van der Waals surface area (Å²) < 4.78 is 0. The Bertz CT molecular complexity index is 981. The van der Waals surface area contributed by atoms with Crippen LogP contribution in [0.4, 0.5) is 0 Å². The zero-order valence-corrected chi connectivity index (χ0v) is 18.0. The highest BCUT2D eigenvalue weighted by molar-refractivity contribution is 6.45. The largest absolute Gasteiger partial charge is 0.398 e. The fourth-order valence-corrected chi connectivity index (χ4v) is 2.53. The minimum Gasteiger partial charge on any atom is -0.398 e. The molecule has 0 bridgehead atoms. The summed E-state index contributed by atoms with van der Waals surface area (Å²) in [5, 5.41) is 10.8. The van der Waals surface area contributed by atoms with Crippen LogP contribution in [0.2, 0.25) is 0 Å². The van der Waals surface area contributed by atoms with Crippen molar-refractivity contribution in [3.05, 3.63) is 70.8 Å². The van der Waals surface area contributed by atoms with Crippen LogP contribution < -0.4 is 5.32 Å². The van der Waals surface area contributed by atoms with Gasteiger partial charge in [0.1, 0.15) is 19.4 Å². The summed E-state index contributed by atoms with van der Waals surface area (Å²) in [5.74, 6) is 5.70. The molecule has 0 saturated carbocycles. The molecule has 30 heavy (non-hydrogen) atoms. The van der Waals surface area contributed by atoms with Gasteiger partial charge >= 0.3 is 0 Å². The van der Waals surface area contributed by atoms with Gasteiger partial charge in [-0.05, 0) is 45.7 Å². The maximum absolute atomic E-state index is 12.5. The molecule has 0 aliphatic carbocycles. The summed E-state index contributed by atoms with van der Waals surface area (Å²) in [6.45, 7) is 7.74. The van der Waals surface area contributed by atoms with Crippen molar-refractivity contribution in [1.29, 1.82) is 0 Å². The number of rotatable bonds is 7. The molecule has 0 radical (unpaired) electrons. The van der Waals surface area contributed by atoms with Crippen molar-refractivity contribution in [2.45, 2.75) is 40.3 Å². The van der Waals surface area contributed by atoms with Crippen molar-refractivity contribution in [1.82, 2.24) is 5.32 Å². The van der Waals surface area contributed by atoms with Gasteiger partial charge in [0, 0.05) is 22.7 Å². The third-order valence-electron chi connectivity index (χ3n) is 3.95. The van der Waals surface area contributed by atoms with Gasteiger partial charge in [-0.25, -0.2) is 0 Å². The van der Waals surface area contributed by atoms with Crippen molar-refractivity contribution < 1.29 is 14.5 Å². The maximum atomic E-state index is 12.5. The van der Waals surface area contributed by atoms with E-state index in [1.165, 1.54) is 12.7 Å². The lowest BCUT2D eigenvalue weighted by molar-refractivity contribution is -0.115. The van der Waals surface area contributed by atoms with Crippen molar-refractivity contribution >= 4 is 17.3 Å². The van der Waals surface area contributed by atoms with E-state index in [9.17, 15) is 4.79 Å². The van der Waals surface area contributed by atoms with Gasteiger partial charge in [-0.3, -0.25) is 4.79 Å². The van der Waals surface area contributed by atoms with Gasteiger partial charge in [0.25, 0.3) is 5.91 Å². The summed E-state index contributed by atoms with van der Waals surface area (Å²) in [7, 11) is 1.40. The zero-order chi connectivity index (χ0) is 21.9. The molecule has 2 aromatic rings. The zero-order valence-electron chi connectivity index (χ0n) is 18.0. The third-order valence-corrected chi connectivity index (χ3v) is 3.95. The van der Waals surface area contributed by atoms with Crippen molar-refractivity contribution in [2.75, 3.05) is 7.11 Å². The number of hydrogen-bond donors (Lipinski definition) is 1. The molecular weight excluding hydrogens is 378 g/mol. The average Bonchev–Trinajstić information content (AvgIpc) is 2.71. The van der Waals surface area contributed by atoms with Gasteiger partial charge in [0.2, 0.25) is 0 Å².